The summed E-state index contributed by atoms with van der Waals surface area (Å²) in [6.45, 7) is 4.87. The molecule has 0 amide bonds. The molecule has 0 heterocycles. The summed E-state index contributed by atoms with van der Waals surface area (Å²) in [5, 5.41) is 9.89. The Labute approximate surface area is 143 Å². The highest BCUT2D eigenvalue weighted by molar-refractivity contribution is 14.1. The lowest BCUT2D eigenvalue weighted by Crippen LogP contribution is -2.13. The Kier molecular flexibility index (Phi) is 7.37. The minimum atomic E-state index is -1.02. The summed E-state index contributed by atoms with van der Waals surface area (Å²) in [7, 11) is 1.11. The van der Waals surface area contributed by atoms with Crippen LogP contribution in [0.2, 0.25) is 0 Å². The first-order valence-electron chi connectivity index (χ1n) is 6.80. The highest BCUT2D eigenvalue weighted by Crippen LogP contribution is 2.25. The Bertz CT molecular complexity index is 578. The van der Waals surface area contributed by atoms with Gasteiger partial charge in [-0.05, 0) is 53.1 Å². The van der Waals surface area contributed by atoms with Crippen LogP contribution in [0.3, 0.4) is 0 Å². The van der Waals surface area contributed by atoms with Crippen LogP contribution in [0.15, 0.2) is 24.3 Å². The fourth-order valence-corrected chi connectivity index (χ4v) is 2.22. The van der Waals surface area contributed by atoms with Crippen molar-refractivity contribution in [3.63, 3.8) is 0 Å². The lowest BCUT2D eigenvalue weighted by molar-refractivity contribution is -0.149. The summed E-state index contributed by atoms with van der Waals surface area (Å²) in [4.78, 5) is 22.4. The molecule has 0 aromatic heterocycles. The Morgan fingerprint density at radius 3 is 2.59 bits per heavy atom. The second kappa shape index (κ2) is 8.77. The van der Waals surface area contributed by atoms with Crippen molar-refractivity contribution in [3.8, 4) is 5.75 Å². The maximum absolute atomic E-state index is 11.4. The Hall–Kier alpha value is -1.57. The van der Waals surface area contributed by atoms with Crippen LogP contribution >= 0.6 is 22.6 Å². The molecule has 120 valence electrons. The minimum Gasteiger partial charge on any atom is -0.507 e. The highest BCUT2D eigenvalue weighted by atomic mass is 127. The van der Waals surface area contributed by atoms with Crippen molar-refractivity contribution < 1.29 is 24.2 Å². The molecule has 6 heteroatoms. The monoisotopic (exact) mass is 418 g/mol. The topological polar surface area (TPSA) is 72.8 Å². The lowest BCUT2D eigenvalue weighted by atomic mass is 10.1. The molecule has 0 bridgehead atoms. The fraction of sp³-hybridized carbons (Fsp3) is 0.375. The maximum Gasteiger partial charge on any atom is 0.378 e. The van der Waals surface area contributed by atoms with Crippen molar-refractivity contribution >= 4 is 40.1 Å². The predicted octanol–water partition coefficient (Wildman–Crippen LogP) is 3.36. The van der Waals surface area contributed by atoms with Crippen LogP contribution in [0.5, 0.6) is 5.75 Å². The van der Waals surface area contributed by atoms with E-state index in [1.54, 1.807) is 18.2 Å². The number of carbonyl (C=O) groups excluding carboxylic acids is 2. The van der Waals surface area contributed by atoms with Crippen molar-refractivity contribution in [2.24, 2.45) is 5.92 Å². The molecule has 5 nitrogen and oxygen atoms in total. The van der Waals surface area contributed by atoms with E-state index in [1.165, 1.54) is 0 Å². The molecule has 0 fully saturated rings. The molecule has 0 aliphatic rings. The summed E-state index contributed by atoms with van der Waals surface area (Å²) in [5.74, 6) is -0.936. The summed E-state index contributed by atoms with van der Waals surface area (Å²) >= 11 is 2.09. The molecule has 1 N–H and O–H groups in total. The van der Waals surface area contributed by atoms with Crippen LogP contribution in [0, 0.1) is 9.49 Å². The summed E-state index contributed by atoms with van der Waals surface area (Å²) < 4.78 is 10.8. The number of benzene rings is 1. The molecule has 0 unspecified atom stereocenters. The zero-order chi connectivity index (χ0) is 16.7. The van der Waals surface area contributed by atoms with E-state index in [1.807, 2.05) is 0 Å². The number of carbonyl (C=O) groups is 2. The molecule has 0 aliphatic carbocycles. The Morgan fingerprint density at radius 2 is 2.05 bits per heavy atom. The number of esters is 1. The fourth-order valence-electron chi connectivity index (χ4n) is 1.55. The van der Waals surface area contributed by atoms with E-state index in [-0.39, 0.29) is 5.76 Å². The van der Waals surface area contributed by atoms with Crippen molar-refractivity contribution in [2.45, 2.75) is 20.3 Å². The van der Waals surface area contributed by atoms with Gasteiger partial charge in [-0.25, -0.2) is 4.79 Å². The van der Waals surface area contributed by atoms with Crippen LogP contribution in [-0.4, -0.2) is 30.6 Å². The number of ether oxygens (including phenoxy) is 2. The molecule has 1 aromatic rings. The third kappa shape index (κ3) is 5.67. The van der Waals surface area contributed by atoms with E-state index in [9.17, 15) is 14.7 Å². The van der Waals surface area contributed by atoms with Crippen molar-refractivity contribution in [3.05, 3.63) is 33.4 Å². The van der Waals surface area contributed by atoms with Crippen molar-refractivity contribution in [1.82, 2.24) is 0 Å². The van der Waals surface area contributed by atoms with Gasteiger partial charge in [0.2, 0.25) is 0 Å². The molecule has 0 saturated carbocycles. The van der Waals surface area contributed by atoms with Gasteiger partial charge in [0.1, 0.15) is 11.5 Å². The van der Waals surface area contributed by atoms with Crippen LogP contribution < -0.4 is 4.74 Å². The number of hydrogen-bond donors (Lipinski definition) is 1. The molecule has 1 rings (SSSR count). The predicted molar refractivity (Wildman–Crippen MR) is 91.7 cm³/mol. The van der Waals surface area contributed by atoms with E-state index in [0.29, 0.717) is 18.1 Å². The van der Waals surface area contributed by atoms with Crippen LogP contribution in [0.4, 0.5) is 0 Å². The number of halogens is 1. The third-order valence-corrected chi connectivity index (χ3v) is 3.68. The first-order chi connectivity index (χ1) is 10.3. The quantitative estimate of drug-likeness (QED) is 0.242. The lowest BCUT2D eigenvalue weighted by Gasteiger charge is -2.11. The normalized spacial score (nSPS) is 11.4. The molecule has 22 heavy (non-hydrogen) atoms. The van der Waals surface area contributed by atoms with Gasteiger partial charge in [0.25, 0.3) is 5.78 Å². The number of methoxy groups -OCH3 is 1. The van der Waals surface area contributed by atoms with Crippen LogP contribution in [0.25, 0.3) is 5.76 Å². The average Bonchev–Trinajstić information content (AvgIpc) is 2.47. The summed E-state index contributed by atoms with van der Waals surface area (Å²) in [5.41, 5.74) is 0.429. The first kappa shape index (κ1) is 18.5. The number of aliphatic hydroxyl groups is 1. The molecule has 0 spiro atoms. The standard InChI is InChI=1S/C16H19IO5/c1-10(2)6-7-22-15-5-4-11(8-12(15)17)13(18)9-14(19)16(20)21-3/h4-5,8-10,18H,6-7H2,1-3H3. The molecule has 0 atom stereocenters. The minimum absolute atomic E-state index is 0.290. The largest absolute Gasteiger partial charge is 0.507 e. The maximum atomic E-state index is 11.4. The van der Waals surface area contributed by atoms with Gasteiger partial charge < -0.3 is 14.6 Å². The van der Waals surface area contributed by atoms with Gasteiger partial charge in [0, 0.05) is 11.6 Å². The molecular formula is C16H19IO5. The smallest absolute Gasteiger partial charge is 0.378 e. The average molecular weight is 418 g/mol. The van der Waals surface area contributed by atoms with Crippen molar-refractivity contribution in [1.29, 1.82) is 0 Å². The highest BCUT2D eigenvalue weighted by Gasteiger charge is 2.13. The third-order valence-electron chi connectivity index (χ3n) is 2.83. The van der Waals surface area contributed by atoms with Gasteiger partial charge >= 0.3 is 5.97 Å². The Balaban J connectivity index is 2.82. The van der Waals surface area contributed by atoms with Gasteiger partial charge in [-0.3, -0.25) is 4.79 Å². The van der Waals surface area contributed by atoms with Gasteiger partial charge in [-0.15, -0.1) is 0 Å². The molecule has 0 radical (unpaired) electrons. The SMILES string of the molecule is COC(=O)C(=O)C=C(O)c1ccc(OCCC(C)C)c(I)c1. The zero-order valence-corrected chi connectivity index (χ0v) is 14.9. The van der Waals surface area contributed by atoms with E-state index < -0.39 is 11.8 Å². The van der Waals surface area contributed by atoms with Crippen molar-refractivity contribution in [2.75, 3.05) is 13.7 Å². The summed E-state index contributed by atoms with van der Waals surface area (Å²) in [6, 6.07) is 5.04. The van der Waals surface area contributed by atoms with E-state index in [4.69, 9.17) is 4.74 Å². The van der Waals surface area contributed by atoms with Gasteiger partial charge in [-0.2, -0.15) is 0 Å². The number of aliphatic hydroxyl groups excluding tert-OH is 1. The summed E-state index contributed by atoms with van der Waals surface area (Å²) in [6.07, 6.45) is 1.80. The Morgan fingerprint density at radius 1 is 1.36 bits per heavy atom. The molecule has 0 saturated heterocycles. The van der Waals surface area contributed by atoms with Crippen LogP contribution in [0.1, 0.15) is 25.8 Å². The number of ketones is 1. The van der Waals surface area contributed by atoms with Gasteiger partial charge in [0.15, 0.2) is 0 Å². The molecular weight excluding hydrogens is 399 g/mol. The van der Waals surface area contributed by atoms with Gasteiger partial charge in [0.05, 0.1) is 17.3 Å². The van der Waals surface area contributed by atoms with E-state index in [0.717, 1.165) is 28.9 Å². The first-order valence-corrected chi connectivity index (χ1v) is 7.88. The van der Waals surface area contributed by atoms with Gasteiger partial charge in [-0.1, -0.05) is 13.8 Å². The molecule has 1 aromatic carbocycles. The number of rotatable bonds is 7. The number of hydrogen-bond acceptors (Lipinski definition) is 5. The van der Waals surface area contributed by atoms with E-state index in [2.05, 4.69) is 41.2 Å². The second-order valence-corrected chi connectivity index (χ2v) is 6.22. The zero-order valence-electron chi connectivity index (χ0n) is 12.8. The molecule has 0 aliphatic heterocycles. The van der Waals surface area contributed by atoms with E-state index >= 15 is 0 Å². The van der Waals surface area contributed by atoms with Crippen LogP contribution in [-0.2, 0) is 14.3 Å². The second-order valence-electron chi connectivity index (χ2n) is 5.06.